The second-order valence-electron chi connectivity index (χ2n) is 10.3. The van der Waals surface area contributed by atoms with Gasteiger partial charge in [0.05, 0.1) is 19.1 Å². The van der Waals surface area contributed by atoms with Gasteiger partial charge in [-0.25, -0.2) is 0 Å². The van der Waals surface area contributed by atoms with Gasteiger partial charge >= 0.3 is 0 Å². The van der Waals surface area contributed by atoms with E-state index in [1.165, 1.54) is 0 Å². The van der Waals surface area contributed by atoms with Gasteiger partial charge in [-0.1, -0.05) is 84.9 Å². The lowest BCUT2D eigenvalue weighted by molar-refractivity contribution is -0.133. The first-order valence-corrected chi connectivity index (χ1v) is 14.2. The number of rotatable bonds is 17. The number of amidine groups is 1. The molecule has 1 unspecified atom stereocenters. The molecule has 0 aliphatic heterocycles. The van der Waals surface area contributed by atoms with E-state index >= 15 is 0 Å². The summed E-state index contributed by atoms with van der Waals surface area (Å²) in [4.78, 5) is 43.4. The number of nitrogens with one attached hydrogen (secondary N) is 3. The maximum absolute atomic E-state index is 13.8. The van der Waals surface area contributed by atoms with Gasteiger partial charge in [0.2, 0.25) is 17.7 Å². The second kappa shape index (κ2) is 17.0. The lowest BCUT2D eigenvalue weighted by Crippen LogP contribution is -2.55. The quantitative estimate of drug-likeness (QED) is 0.0676. The summed E-state index contributed by atoms with van der Waals surface area (Å²) in [5.41, 5.74) is 24.9. The monoisotopic (exact) mass is 600 g/mol. The van der Waals surface area contributed by atoms with Gasteiger partial charge in [0.15, 0.2) is 5.96 Å². The minimum absolute atomic E-state index is 0.0521. The highest BCUT2D eigenvalue weighted by Crippen LogP contribution is 2.22. The fourth-order valence-electron chi connectivity index (χ4n) is 4.49. The van der Waals surface area contributed by atoms with Gasteiger partial charge in [-0.3, -0.25) is 24.8 Å². The predicted molar refractivity (Wildman–Crippen MR) is 169 cm³/mol. The molecule has 44 heavy (non-hydrogen) atoms. The number of benzene rings is 3. The Balaban J connectivity index is 1.80. The van der Waals surface area contributed by atoms with Crippen LogP contribution in [0.1, 0.15) is 41.0 Å². The summed E-state index contributed by atoms with van der Waals surface area (Å²) < 4.78 is 5.84. The number of nitrogens with zero attached hydrogens (tertiary/aromatic N) is 1. The van der Waals surface area contributed by atoms with Gasteiger partial charge in [0, 0.05) is 12.1 Å². The van der Waals surface area contributed by atoms with Crippen molar-refractivity contribution in [2.75, 3.05) is 13.2 Å². The smallest absolute Gasteiger partial charge is 0.245 e. The molecule has 0 saturated heterocycles. The maximum atomic E-state index is 13.8. The lowest BCUT2D eigenvalue weighted by atomic mass is 9.90. The van der Waals surface area contributed by atoms with Crippen molar-refractivity contribution in [2.24, 2.45) is 27.9 Å². The summed E-state index contributed by atoms with van der Waals surface area (Å²) in [5.74, 6) is -2.53. The highest BCUT2D eigenvalue weighted by Gasteiger charge is 2.29. The third-order valence-electron chi connectivity index (χ3n) is 6.86. The third-order valence-corrected chi connectivity index (χ3v) is 6.86. The van der Waals surface area contributed by atoms with Gasteiger partial charge in [0.25, 0.3) is 0 Å². The van der Waals surface area contributed by atoms with Crippen LogP contribution in [-0.4, -0.2) is 54.8 Å². The molecule has 11 N–H and O–H groups in total. The van der Waals surface area contributed by atoms with Crippen LogP contribution in [0.25, 0.3) is 0 Å². The van der Waals surface area contributed by atoms with Gasteiger partial charge in [-0.2, -0.15) is 0 Å². The van der Waals surface area contributed by atoms with Crippen LogP contribution >= 0.6 is 0 Å². The zero-order valence-electron chi connectivity index (χ0n) is 24.4. The topological polar surface area (TPSA) is 225 Å². The number of hydrogen-bond acceptors (Lipinski definition) is 6. The van der Waals surface area contributed by atoms with Crippen molar-refractivity contribution in [3.05, 3.63) is 107 Å². The Morgan fingerprint density at radius 3 is 1.98 bits per heavy atom. The number of ether oxygens (including phenoxy) is 1. The van der Waals surface area contributed by atoms with E-state index < -0.39 is 35.7 Å². The van der Waals surface area contributed by atoms with E-state index in [4.69, 9.17) is 33.1 Å². The third kappa shape index (κ3) is 10.9. The highest BCUT2D eigenvalue weighted by molar-refractivity contribution is 5.95. The molecule has 0 bridgehead atoms. The molecular weight excluding hydrogens is 560 g/mol. The molecule has 12 heteroatoms. The minimum atomic E-state index is -1.13. The highest BCUT2D eigenvalue weighted by atomic mass is 16.5. The number of nitrogens with two attached hydrogens (primary N) is 4. The van der Waals surface area contributed by atoms with Crippen LogP contribution in [0.3, 0.4) is 0 Å². The van der Waals surface area contributed by atoms with Gasteiger partial charge in [0.1, 0.15) is 17.9 Å². The first-order valence-electron chi connectivity index (χ1n) is 14.2. The first-order chi connectivity index (χ1) is 21.1. The van der Waals surface area contributed by atoms with Crippen LogP contribution in [0, 0.1) is 5.41 Å². The summed E-state index contributed by atoms with van der Waals surface area (Å²) in [6, 6.07) is 23.5. The molecule has 0 aromatic heterocycles. The second-order valence-corrected chi connectivity index (χ2v) is 10.3. The SMILES string of the molecule is N=C(N)c1ccc(C[C@H](C(=O)N[C@@H](COCc2ccccc2)C(=O)NC(CCCN=C(N)N)C(N)=O)c2ccccc2)cc1. The van der Waals surface area contributed by atoms with Crippen LogP contribution in [-0.2, 0) is 32.1 Å². The molecule has 0 spiro atoms. The van der Waals surface area contributed by atoms with E-state index in [9.17, 15) is 14.4 Å². The number of guanidine groups is 1. The predicted octanol–water partition coefficient (Wildman–Crippen LogP) is 1.02. The van der Waals surface area contributed by atoms with E-state index in [1.807, 2.05) is 72.8 Å². The summed E-state index contributed by atoms with van der Waals surface area (Å²) in [7, 11) is 0. The zero-order valence-corrected chi connectivity index (χ0v) is 24.4. The van der Waals surface area contributed by atoms with Crippen molar-refractivity contribution in [3.8, 4) is 0 Å². The van der Waals surface area contributed by atoms with Crippen LogP contribution in [0.4, 0.5) is 0 Å². The molecule has 3 rings (SSSR count). The van der Waals surface area contributed by atoms with Crippen LogP contribution in [0.5, 0.6) is 0 Å². The van der Waals surface area contributed by atoms with Crippen molar-refractivity contribution in [1.82, 2.24) is 10.6 Å². The Morgan fingerprint density at radius 1 is 0.773 bits per heavy atom. The lowest BCUT2D eigenvalue weighted by Gasteiger charge is -2.25. The maximum Gasteiger partial charge on any atom is 0.245 e. The molecule has 0 aliphatic rings. The number of primary amides is 1. The summed E-state index contributed by atoms with van der Waals surface area (Å²) >= 11 is 0. The van der Waals surface area contributed by atoms with Crippen molar-refractivity contribution in [3.63, 3.8) is 0 Å². The van der Waals surface area contributed by atoms with E-state index in [0.29, 0.717) is 18.4 Å². The molecule has 0 fully saturated rings. The van der Waals surface area contributed by atoms with E-state index in [-0.39, 0.29) is 38.0 Å². The van der Waals surface area contributed by atoms with Gasteiger partial charge in [-0.05, 0) is 36.0 Å². The number of aliphatic imine (C=N–C) groups is 1. The summed E-state index contributed by atoms with van der Waals surface area (Å²) in [6.45, 7) is 0.318. The van der Waals surface area contributed by atoms with Gasteiger partial charge < -0.3 is 38.3 Å². The first kappa shape index (κ1) is 33.3. The minimum Gasteiger partial charge on any atom is -0.384 e. The fraction of sp³-hybridized carbons (Fsp3) is 0.281. The fourth-order valence-corrected chi connectivity index (χ4v) is 4.49. The zero-order chi connectivity index (χ0) is 31.9. The molecule has 0 aliphatic carbocycles. The molecule has 3 atom stereocenters. The van der Waals surface area contributed by atoms with E-state index in [0.717, 1.165) is 16.7 Å². The number of amides is 3. The van der Waals surface area contributed by atoms with Crippen molar-refractivity contribution in [1.29, 1.82) is 5.41 Å². The standard InChI is InChI=1S/C32H40N8O4/c33-28(34)24-15-13-21(14-16-24)18-25(23-10-5-2-6-11-23)30(42)40-27(20-44-19-22-8-3-1-4-9-22)31(43)39-26(29(35)41)12-7-17-38-32(36)37/h1-6,8-11,13-16,25-27H,7,12,17-20H2,(H3,33,34)(H2,35,41)(H,39,43)(H,40,42)(H4,36,37,38)/t25-,26?,27-/m0/s1. The molecule has 0 heterocycles. The molecule has 12 nitrogen and oxygen atoms in total. The number of carbonyl (C=O) groups is 3. The van der Waals surface area contributed by atoms with Crippen molar-refractivity contribution >= 4 is 29.5 Å². The number of carbonyl (C=O) groups excluding carboxylic acids is 3. The molecule has 3 aromatic rings. The molecule has 3 amide bonds. The Morgan fingerprint density at radius 2 is 1.39 bits per heavy atom. The molecule has 0 saturated carbocycles. The summed E-state index contributed by atoms with van der Waals surface area (Å²) in [5, 5.41) is 13.1. The Kier molecular flexibility index (Phi) is 12.9. The molecule has 3 aromatic carbocycles. The average molecular weight is 601 g/mol. The number of hydrogen-bond donors (Lipinski definition) is 7. The molecular formula is C32H40N8O4. The van der Waals surface area contributed by atoms with E-state index in [1.54, 1.807) is 12.1 Å². The van der Waals surface area contributed by atoms with Crippen LogP contribution < -0.4 is 33.6 Å². The average Bonchev–Trinajstić information content (AvgIpc) is 3.01. The number of nitrogen functional groups attached to an aromatic ring is 1. The normalized spacial score (nSPS) is 12.7. The van der Waals surface area contributed by atoms with E-state index in [2.05, 4.69) is 15.6 Å². The summed E-state index contributed by atoms with van der Waals surface area (Å²) in [6.07, 6.45) is 0.917. The van der Waals surface area contributed by atoms with Crippen molar-refractivity contribution < 1.29 is 19.1 Å². The van der Waals surface area contributed by atoms with Crippen LogP contribution in [0.2, 0.25) is 0 Å². The molecule has 0 radical (unpaired) electrons. The van der Waals surface area contributed by atoms with Crippen molar-refractivity contribution in [2.45, 2.75) is 43.9 Å². The van der Waals surface area contributed by atoms with Crippen LogP contribution in [0.15, 0.2) is 89.9 Å². The Labute approximate surface area is 256 Å². The largest absolute Gasteiger partial charge is 0.384 e. The van der Waals surface area contributed by atoms with Gasteiger partial charge in [-0.15, -0.1) is 0 Å². The Bertz CT molecular complexity index is 1410. The Hall–Kier alpha value is -5.23. The molecule has 232 valence electrons.